The topological polar surface area (TPSA) is 42.0 Å². The van der Waals surface area contributed by atoms with Crippen LogP contribution >= 0.6 is 23.1 Å². The van der Waals surface area contributed by atoms with Gasteiger partial charge in [-0.1, -0.05) is 17.8 Å². The van der Waals surface area contributed by atoms with E-state index in [-0.39, 0.29) is 11.2 Å². The summed E-state index contributed by atoms with van der Waals surface area (Å²) in [5.74, 6) is 0.0331. The van der Waals surface area contributed by atoms with E-state index >= 15 is 0 Å². The summed E-state index contributed by atoms with van der Waals surface area (Å²) in [4.78, 5) is 16.7. The molecule has 1 unspecified atom stereocenters. The number of thiazole rings is 1. The molecule has 0 saturated heterocycles. The van der Waals surface area contributed by atoms with Crippen LogP contribution in [0.15, 0.2) is 27.9 Å². The lowest BCUT2D eigenvalue weighted by Gasteiger charge is -2.11. The molecule has 3 nitrogen and oxygen atoms in total. The van der Waals surface area contributed by atoms with Crippen LogP contribution in [-0.2, 0) is 17.6 Å². The lowest BCUT2D eigenvalue weighted by atomic mass is 10.1. The van der Waals surface area contributed by atoms with Gasteiger partial charge in [0, 0.05) is 16.8 Å². The van der Waals surface area contributed by atoms with E-state index in [2.05, 4.69) is 22.4 Å². The number of nitrogens with one attached hydrogen (secondary N) is 1. The molecule has 1 aliphatic rings. The Balaban J connectivity index is 1.63. The van der Waals surface area contributed by atoms with Crippen LogP contribution < -0.4 is 5.32 Å². The molecule has 1 heterocycles. The van der Waals surface area contributed by atoms with Crippen molar-refractivity contribution in [1.29, 1.82) is 0 Å². The molecule has 0 aliphatic heterocycles. The number of benzene rings is 1. The van der Waals surface area contributed by atoms with Gasteiger partial charge in [0.2, 0.25) is 5.91 Å². The number of hydrogen-bond acceptors (Lipinski definition) is 4. The van der Waals surface area contributed by atoms with E-state index in [1.165, 1.54) is 35.7 Å². The molecule has 1 aromatic carbocycles. The zero-order valence-corrected chi connectivity index (χ0v) is 13.8. The van der Waals surface area contributed by atoms with Gasteiger partial charge in [0.15, 0.2) is 4.34 Å². The standard InChI is InChI=1S/C16H18N2OS2/c1-10-9-20-16(17-10)21-11(2)15(19)18-14-7-6-12-4-3-5-13(12)8-14/h6-9,11H,3-5H2,1-2H3,(H,18,19). The van der Waals surface area contributed by atoms with E-state index in [1.54, 1.807) is 11.3 Å². The Morgan fingerprint density at radius 2 is 2.19 bits per heavy atom. The third-order valence-corrected chi connectivity index (χ3v) is 5.80. The van der Waals surface area contributed by atoms with Crippen molar-refractivity contribution in [3.8, 4) is 0 Å². The Morgan fingerprint density at radius 3 is 2.95 bits per heavy atom. The van der Waals surface area contributed by atoms with Crippen LogP contribution in [0.2, 0.25) is 0 Å². The van der Waals surface area contributed by atoms with Crippen LogP contribution in [0.3, 0.4) is 0 Å². The molecule has 21 heavy (non-hydrogen) atoms. The highest BCUT2D eigenvalue weighted by molar-refractivity contribution is 8.02. The highest BCUT2D eigenvalue weighted by atomic mass is 32.2. The Bertz CT molecular complexity index is 666. The summed E-state index contributed by atoms with van der Waals surface area (Å²) in [7, 11) is 0. The van der Waals surface area contributed by atoms with Crippen LogP contribution in [0.4, 0.5) is 5.69 Å². The van der Waals surface area contributed by atoms with E-state index < -0.39 is 0 Å². The average molecular weight is 318 g/mol. The number of carbonyl (C=O) groups excluding carboxylic acids is 1. The first-order chi connectivity index (χ1) is 10.1. The van der Waals surface area contributed by atoms with Crippen molar-refractivity contribution in [2.75, 3.05) is 5.32 Å². The fraction of sp³-hybridized carbons (Fsp3) is 0.375. The minimum atomic E-state index is -0.149. The number of aromatic nitrogens is 1. The van der Waals surface area contributed by atoms with Crippen LogP contribution in [0, 0.1) is 6.92 Å². The predicted molar refractivity (Wildman–Crippen MR) is 89.3 cm³/mol. The second kappa shape index (κ2) is 6.20. The first kappa shape index (κ1) is 14.6. The average Bonchev–Trinajstić information content (AvgIpc) is 3.07. The molecule has 1 amide bonds. The van der Waals surface area contributed by atoms with Crippen molar-refractivity contribution < 1.29 is 4.79 Å². The molecule has 1 atom stereocenters. The van der Waals surface area contributed by atoms with Crippen molar-refractivity contribution in [2.24, 2.45) is 0 Å². The first-order valence-electron chi connectivity index (χ1n) is 7.13. The maximum atomic E-state index is 12.3. The van der Waals surface area contributed by atoms with Crippen molar-refractivity contribution >= 4 is 34.7 Å². The number of aryl methyl sites for hydroxylation is 3. The molecule has 0 saturated carbocycles. The zero-order chi connectivity index (χ0) is 14.8. The van der Waals surface area contributed by atoms with Crippen molar-refractivity contribution in [2.45, 2.75) is 42.7 Å². The Hall–Kier alpha value is -1.33. The quantitative estimate of drug-likeness (QED) is 0.864. The molecule has 0 bridgehead atoms. The maximum Gasteiger partial charge on any atom is 0.237 e. The number of hydrogen-bond donors (Lipinski definition) is 1. The van der Waals surface area contributed by atoms with Crippen molar-refractivity contribution in [3.05, 3.63) is 40.4 Å². The molecule has 1 aliphatic carbocycles. The minimum absolute atomic E-state index is 0.0331. The monoisotopic (exact) mass is 318 g/mol. The summed E-state index contributed by atoms with van der Waals surface area (Å²) < 4.78 is 0.948. The molecule has 1 N–H and O–H groups in total. The van der Waals surface area contributed by atoms with Crippen molar-refractivity contribution in [3.63, 3.8) is 0 Å². The Morgan fingerprint density at radius 1 is 1.38 bits per heavy atom. The smallest absolute Gasteiger partial charge is 0.237 e. The van der Waals surface area contributed by atoms with Gasteiger partial charge >= 0.3 is 0 Å². The lowest BCUT2D eigenvalue weighted by Crippen LogP contribution is -2.22. The third-order valence-electron chi connectivity index (χ3n) is 3.61. The minimum Gasteiger partial charge on any atom is -0.325 e. The number of thioether (sulfide) groups is 1. The maximum absolute atomic E-state index is 12.3. The number of fused-ring (bicyclic) bond motifs is 1. The second-order valence-corrected chi connectivity index (χ2v) is 7.79. The zero-order valence-electron chi connectivity index (χ0n) is 12.2. The van der Waals surface area contributed by atoms with Crippen LogP contribution in [0.25, 0.3) is 0 Å². The summed E-state index contributed by atoms with van der Waals surface area (Å²) >= 11 is 3.10. The molecule has 110 valence electrons. The number of rotatable bonds is 4. The molecular formula is C16H18N2OS2. The van der Waals surface area contributed by atoms with E-state index in [0.717, 1.165) is 22.1 Å². The Kier molecular flexibility index (Phi) is 4.31. The van der Waals surface area contributed by atoms with Crippen molar-refractivity contribution in [1.82, 2.24) is 4.98 Å². The number of carbonyl (C=O) groups is 1. The molecule has 5 heteroatoms. The van der Waals surface area contributed by atoms with Crippen LogP contribution in [0.1, 0.15) is 30.2 Å². The molecule has 0 spiro atoms. The molecule has 0 radical (unpaired) electrons. The number of nitrogens with zero attached hydrogens (tertiary/aromatic N) is 1. The van der Waals surface area contributed by atoms with Gasteiger partial charge in [-0.15, -0.1) is 11.3 Å². The van der Waals surface area contributed by atoms with Gasteiger partial charge in [0.05, 0.1) is 5.25 Å². The number of anilines is 1. The summed E-state index contributed by atoms with van der Waals surface area (Å²) in [5, 5.41) is 4.87. The molecular weight excluding hydrogens is 300 g/mol. The van der Waals surface area contributed by atoms with Gasteiger partial charge in [-0.25, -0.2) is 4.98 Å². The van der Waals surface area contributed by atoms with E-state index in [1.807, 2.05) is 25.3 Å². The van der Waals surface area contributed by atoms with Gasteiger partial charge in [-0.3, -0.25) is 4.79 Å². The second-order valence-electron chi connectivity index (χ2n) is 5.34. The van der Waals surface area contributed by atoms with Crippen LogP contribution in [0.5, 0.6) is 0 Å². The number of amides is 1. The van der Waals surface area contributed by atoms with Gasteiger partial charge < -0.3 is 5.32 Å². The lowest BCUT2D eigenvalue weighted by molar-refractivity contribution is -0.115. The summed E-state index contributed by atoms with van der Waals surface area (Å²) in [6, 6.07) is 6.26. The van der Waals surface area contributed by atoms with E-state index in [4.69, 9.17) is 0 Å². The SMILES string of the molecule is Cc1csc(SC(C)C(=O)Nc2ccc3c(c2)CCC3)n1. The molecule has 0 fully saturated rings. The molecule has 1 aromatic heterocycles. The fourth-order valence-electron chi connectivity index (χ4n) is 2.48. The largest absolute Gasteiger partial charge is 0.325 e. The van der Waals surface area contributed by atoms with Gasteiger partial charge in [0.1, 0.15) is 0 Å². The third kappa shape index (κ3) is 3.47. The normalized spacial score (nSPS) is 14.8. The summed E-state index contributed by atoms with van der Waals surface area (Å²) in [6.45, 7) is 3.89. The van der Waals surface area contributed by atoms with Gasteiger partial charge in [-0.2, -0.15) is 0 Å². The van der Waals surface area contributed by atoms with Gasteiger partial charge in [0.25, 0.3) is 0 Å². The van der Waals surface area contributed by atoms with Crippen LogP contribution in [-0.4, -0.2) is 16.1 Å². The molecule has 3 rings (SSSR count). The summed E-state index contributed by atoms with van der Waals surface area (Å²) in [6.07, 6.45) is 3.52. The molecule has 2 aromatic rings. The first-order valence-corrected chi connectivity index (χ1v) is 8.89. The predicted octanol–water partition coefficient (Wildman–Crippen LogP) is 4.06. The highest BCUT2D eigenvalue weighted by Gasteiger charge is 2.17. The highest BCUT2D eigenvalue weighted by Crippen LogP contribution is 2.28. The van der Waals surface area contributed by atoms with E-state index in [9.17, 15) is 4.79 Å². The van der Waals surface area contributed by atoms with E-state index in [0.29, 0.717) is 0 Å². The van der Waals surface area contributed by atoms with Gasteiger partial charge in [-0.05, 0) is 56.4 Å². The fourth-order valence-corrected chi connectivity index (χ4v) is 4.47. The Labute approximate surface area is 133 Å². The summed E-state index contributed by atoms with van der Waals surface area (Å²) in [5.41, 5.74) is 4.72.